The van der Waals surface area contributed by atoms with Crippen molar-refractivity contribution in [1.29, 1.82) is 0 Å². The Labute approximate surface area is 94.8 Å². The number of aromatic nitrogens is 2. The fourth-order valence-electron chi connectivity index (χ4n) is 1.99. The number of amides is 1. The molecule has 5 nitrogen and oxygen atoms in total. The van der Waals surface area contributed by atoms with Crippen molar-refractivity contribution in [3.05, 3.63) is 18.0 Å². The molecular weight excluding hydrogens is 206 g/mol. The highest BCUT2D eigenvalue weighted by atomic mass is 16.5. The molecule has 2 rings (SSSR count). The van der Waals surface area contributed by atoms with E-state index in [4.69, 9.17) is 4.74 Å². The lowest BCUT2D eigenvalue weighted by Crippen LogP contribution is -2.34. The van der Waals surface area contributed by atoms with Gasteiger partial charge in [-0.05, 0) is 18.8 Å². The summed E-state index contributed by atoms with van der Waals surface area (Å²) in [5.41, 5.74) is 0.620. The van der Waals surface area contributed by atoms with E-state index >= 15 is 0 Å². The first-order valence-electron chi connectivity index (χ1n) is 5.59. The highest BCUT2D eigenvalue weighted by Crippen LogP contribution is 2.16. The Morgan fingerprint density at radius 3 is 3.00 bits per heavy atom. The predicted molar refractivity (Wildman–Crippen MR) is 59.1 cm³/mol. The Kier molecular flexibility index (Phi) is 3.56. The van der Waals surface area contributed by atoms with Crippen LogP contribution in [-0.2, 0) is 4.74 Å². The van der Waals surface area contributed by atoms with Gasteiger partial charge in [0.05, 0.1) is 11.8 Å². The first kappa shape index (κ1) is 11.1. The molecule has 1 N–H and O–H groups in total. The van der Waals surface area contributed by atoms with Gasteiger partial charge in [-0.1, -0.05) is 0 Å². The van der Waals surface area contributed by atoms with Gasteiger partial charge in [0.1, 0.15) is 0 Å². The Morgan fingerprint density at radius 2 is 2.38 bits per heavy atom. The van der Waals surface area contributed by atoms with Gasteiger partial charge in [-0.3, -0.25) is 9.89 Å². The molecule has 0 spiro atoms. The molecule has 1 aromatic heterocycles. The molecule has 0 atom stereocenters. The minimum atomic E-state index is 0.0280. The van der Waals surface area contributed by atoms with Crippen molar-refractivity contribution in [2.75, 3.05) is 26.8 Å². The fourth-order valence-corrected chi connectivity index (χ4v) is 1.99. The molecule has 0 aromatic carbocycles. The average Bonchev–Trinajstić information content (AvgIpc) is 2.83. The molecule has 2 heterocycles. The van der Waals surface area contributed by atoms with Gasteiger partial charge in [0.2, 0.25) is 0 Å². The molecule has 1 amide bonds. The molecule has 1 saturated heterocycles. The highest BCUT2D eigenvalue weighted by molar-refractivity contribution is 5.93. The van der Waals surface area contributed by atoms with E-state index in [9.17, 15) is 4.79 Å². The Bertz CT molecular complexity index is 331. The largest absolute Gasteiger partial charge is 0.381 e. The smallest absolute Gasteiger partial charge is 0.256 e. The summed E-state index contributed by atoms with van der Waals surface area (Å²) in [5.74, 6) is 0.592. The van der Waals surface area contributed by atoms with Crippen LogP contribution in [0.5, 0.6) is 0 Å². The van der Waals surface area contributed by atoms with Crippen LogP contribution in [0.2, 0.25) is 0 Å². The predicted octanol–water partition coefficient (Wildman–Crippen LogP) is 0.908. The van der Waals surface area contributed by atoms with Crippen molar-refractivity contribution in [2.24, 2.45) is 5.92 Å². The Balaban J connectivity index is 1.87. The molecule has 0 saturated carbocycles. The summed E-state index contributed by atoms with van der Waals surface area (Å²) in [6, 6.07) is 0. The van der Waals surface area contributed by atoms with Gasteiger partial charge in [0, 0.05) is 33.0 Å². The Hall–Kier alpha value is -1.36. The lowest BCUT2D eigenvalue weighted by Gasteiger charge is -2.26. The van der Waals surface area contributed by atoms with E-state index in [-0.39, 0.29) is 5.91 Å². The van der Waals surface area contributed by atoms with Crippen molar-refractivity contribution in [3.63, 3.8) is 0 Å². The number of nitrogens with one attached hydrogen (secondary N) is 1. The first-order chi connectivity index (χ1) is 7.77. The number of H-pyrrole nitrogens is 1. The van der Waals surface area contributed by atoms with Crippen LogP contribution in [0.1, 0.15) is 23.2 Å². The number of ether oxygens (including phenoxy) is 1. The normalized spacial score (nSPS) is 17.3. The number of carbonyl (C=O) groups is 1. The maximum Gasteiger partial charge on any atom is 0.256 e. The summed E-state index contributed by atoms with van der Waals surface area (Å²) < 4.78 is 5.30. The molecule has 1 fully saturated rings. The minimum absolute atomic E-state index is 0.0280. The summed E-state index contributed by atoms with van der Waals surface area (Å²) in [6.07, 6.45) is 5.28. The zero-order chi connectivity index (χ0) is 11.4. The van der Waals surface area contributed by atoms with E-state index in [1.54, 1.807) is 17.3 Å². The molecule has 16 heavy (non-hydrogen) atoms. The molecular formula is C11H17N3O2. The van der Waals surface area contributed by atoms with Gasteiger partial charge in [0.25, 0.3) is 5.91 Å². The lowest BCUT2D eigenvalue weighted by molar-refractivity contribution is 0.0497. The lowest BCUT2D eigenvalue weighted by atomic mass is 10.00. The van der Waals surface area contributed by atoms with Crippen LogP contribution in [0.25, 0.3) is 0 Å². The molecule has 1 aliphatic heterocycles. The third kappa shape index (κ3) is 2.61. The van der Waals surface area contributed by atoms with Crippen molar-refractivity contribution in [3.8, 4) is 0 Å². The summed E-state index contributed by atoms with van der Waals surface area (Å²) in [4.78, 5) is 13.7. The van der Waals surface area contributed by atoms with E-state index in [0.717, 1.165) is 32.6 Å². The maximum absolute atomic E-state index is 11.9. The van der Waals surface area contributed by atoms with Gasteiger partial charge in [-0.25, -0.2) is 0 Å². The second kappa shape index (κ2) is 5.12. The molecule has 5 heteroatoms. The topological polar surface area (TPSA) is 58.2 Å². The van der Waals surface area contributed by atoms with Crippen molar-refractivity contribution in [2.45, 2.75) is 12.8 Å². The van der Waals surface area contributed by atoms with E-state index in [0.29, 0.717) is 11.5 Å². The van der Waals surface area contributed by atoms with Crippen LogP contribution in [-0.4, -0.2) is 47.8 Å². The minimum Gasteiger partial charge on any atom is -0.381 e. The number of aromatic amines is 1. The Morgan fingerprint density at radius 1 is 1.62 bits per heavy atom. The molecule has 0 bridgehead atoms. The van der Waals surface area contributed by atoms with Crippen molar-refractivity contribution < 1.29 is 9.53 Å². The number of nitrogens with zero attached hydrogens (tertiary/aromatic N) is 2. The molecule has 88 valence electrons. The monoisotopic (exact) mass is 223 g/mol. The second-order valence-electron chi connectivity index (χ2n) is 4.23. The number of rotatable bonds is 3. The SMILES string of the molecule is CN(CC1CCOCC1)C(=O)c1cn[nH]c1. The molecule has 0 radical (unpaired) electrons. The van der Waals surface area contributed by atoms with Crippen molar-refractivity contribution >= 4 is 5.91 Å². The molecule has 1 aliphatic rings. The zero-order valence-electron chi connectivity index (χ0n) is 9.48. The maximum atomic E-state index is 11.9. The number of hydrogen-bond donors (Lipinski definition) is 1. The second-order valence-corrected chi connectivity index (χ2v) is 4.23. The van der Waals surface area contributed by atoms with Crippen LogP contribution in [0.15, 0.2) is 12.4 Å². The molecule has 0 unspecified atom stereocenters. The van der Waals surface area contributed by atoms with E-state index in [1.165, 1.54) is 0 Å². The van der Waals surface area contributed by atoms with Gasteiger partial charge in [0.15, 0.2) is 0 Å². The highest BCUT2D eigenvalue weighted by Gasteiger charge is 2.19. The van der Waals surface area contributed by atoms with Crippen LogP contribution in [0.4, 0.5) is 0 Å². The number of carbonyl (C=O) groups excluding carboxylic acids is 1. The van der Waals surface area contributed by atoms with Gasteiger partial charge >= 0.3 is 0 Å². The quantitative estimate of drug-likeness (QED) is 0.828. The van der Waals surface area contributed by atoms with Gasteiger partial charge in [-0.15, -0.1) is 0 Å². The third-order valence-electron chi connectivity index (χ3n) is 2.96. The summed E-state index contributed by atoms with van der Waals surface area (Å²) in [5, 5.41) is 6.43. The number of hydrogen-bond acceptors (Lipinski definition) is 3. The van der Waals surface area contributed by atoms with Crippen LogP contribution in [0, 0.1) is 5.92 Å². The molecule has 0 aliphatic carbocycles. The third-order valence-corrected chi connectivity index (χ3v) is 2.96. The van der Waals surface area contributed by atoms with Crippen LogP contribution in [0.3, 0.4) is 0 Å². The first-order valence-corrected chi connectivity index (χ1v) is 5.59. The average molecular weight is 223 g/mol. The van der Waals surface area contributed by atoms with E-state index in [2.05, 4.69) is 10.2 Å². The molecule has 1 aromatic rings. The summed E-state index contributed by atoms with van der Waals surface area (Å²) in [7, 11) is 1.84. The van der Waals surface area contributed by atoms with E-state index < -0.39 is 0 Å². The van der Waals surface area contributed by atoms with Crippen LogP contribution >= 0.6 is 0 Å². The summed E-state index contributed by atoms with van der Waals surface area (Å²) in [6.45, 7) is 2.43. The van der Waals surface area contributed by atoms with Gasteiger partial charge in [-0.2, -0.15) is 5.10 Å². The summed E-state index contributed by atoms with van der Waals surface area (Å²) >= 11 is 0. The van der Waals surface area contributed by atoms with Gasteiger partial charge < -0.3 is 9.64 Å². The van der Waals surface area contributed by atoms with Crippen molar-refractivity contribution in [1.82, 2.24) is 15.1 Å². The zero-order valence-corrected chi connectivity index (χ0v) is 9.48. The van der Waals surface area contributed by atoms with Crippen LogP contribution < -0.4 is 0 Å². The van der Waals surface area contributed by atoms with E-state index in [1.807, 2.05) is 7.05 Å². The fraction of sp³-hybridized carbons (Fsp3) is 0.636. The standard InChI is InChI=1S/C11H17N3O2/c1-14(8-9-2-4-16-5-3-9)11(15)10-6-12-13-7-10/h6-7,9H,2-5,8H2,1H3,(H,12,13).